The second kappa shape index (κ2) is 11.9. The van der Waals surface area contributed by atoms with E-state index >= 15 is 0 Å². The van der Waals surface area contributed by atoms with Crippen LogP contribution in [0.3, 0.4) is 0 Å². The first kappa shape index (κ1) is 25.5. The Morgan fingerprint density at radius 3 is 2.69 bits per heavy atom. The molecule has 0 saturated carbocycles. The number of hydrogen-bond donors (Lipinski definition) is 1. The highest BCUT2D eigenvalue weighted by molar-refractivity contribution is 5.95. The van der Waals surface area contributed by atoms with E-state index in [2.05, 4.69) is 27.3 Å². The summed E-state index contributed by atoms with van der Waals surface area (Å²) in [6.45, 7) is 5.12. The van der Waals surface area contributed by atoms with Crippen LogP contribution < -0.4 is 5.32 Å². The van der Waals surface area contributed by atoms with Crippen molar-refractivity contribution >= 4 is 11.8 Å². The fraction of sp³-hybridized carbons (Fsp3) is 0.407. The molecule has 1 fully saturated rings. The first-order valence-electron chi connectivity index (χ1n) is 12.4. The van der Waals surface area contributed by atoms with E-state index in [1.807, 2.05) is 0 Å². The number of halogens is 1. The van der Waals surface area contributed by atoms with E-state index in [0.29, 0.717) is 48.4 Å². The zero-order valence-corrected chi connectivity index (χ0v) is 20.7. The topological polar surface area (TPSA) is 91.6 Å². The average molecular weight is 494 g/mol. The molecule has 0 unspecified atom stereocenters. The number of nitrogens with one attached hydrogen (secondary N) is 1. The maximum Gasteiger partial charge on any atom is 0.257 e. The molecule has 1 aliphatic heterocycles. The first-order valence-corrected chi connectivity index (χ1v) is 12.4. The quantitative estimate of drug-likeness (QED) is 0.488. The van der Waals surface area contributed by atoms with Crippen LogP contribution in [0.15, 0.2) is 53.1 Å². The normalized spacial score (nSPS) is 16.0. The predicted octanol–water partition coefficient (Wildman–Crippen LogP) is 3.79. The fourth-order valence-corrected chi connectivity index (χ4v) is 4.35. The number of nitrogens with zero attached hydrogens (tertiary/aromatic N) is 4. The van der Waals surface area contributed by atoms with Crippen LogP contribution in [0.1, 0.15) is 52.7 Å². The van der Waals surface area contributed by atoms with Gasteiger partial charge in [0.1, 0.15) is 5.82 Å². The summed E-state index contributed by atoms with van der Waals surface area (Å²) >= 11 is 0. The van der Waals surface area contributed by atoms with Crippen molar-refractivity contribution < 1.29 is 18.5 Å². The Kier molecular flexibility index (Phi) is 8.43. The number of benzene rings is 2. The van der Waals surface area contributed by atoms with Gasteiger partial charge in [-0.1, -0.05) is 23.7 Å². The standard InChI is InChI=1S/C27H32FN5O3/c1-19-7-5-6-16-33(19)18-15-29-25(34)20-10-12-21(13-11-20)26-30-24(31-36-26)14-17-32(2)27(35)22-8-3-4-9-23(22)28/h3-4,8-13,19H,5-7,14-18H2,1-2H3,(H,29,34)/t19-/m0/s1. The Bertz CT molecular complexity index is 1180. The van der Waals surface area contributed by atoms with E-state index < -0.39 is 11.7 Å². The van der Waals surface area contributed by atoms with Crippen molar-refractivity contribution in [3.63, 3.8) is 0 Å². The van der Waals surface area contributed by atoms with Gasteiger partial charge in [0.25, 0.3) is 17.7 Å². The van der Waals surface area contributed by atoms with Crippen LogP contribution in [-0.2, 0) is 6.42 Å². The third-order valence-electron chi connectivity index (χ3n) is 6.61. The van der Waals surface area contributed by atoms with Crippen LogP contribution >= 0.6 is 0 Å². The third-order valence-corrected chi connectivity index (χ3v) is 6.61. The second-order valence-corrected chi connectivity index (χ2v) is 9.19. The Balaban J connectivity index is 1.27. The number of carbonyl (C=O) groups is 2. The minimum absolute atomic E-state index is 0.0268. The highest BCUT2D eigenvalue weighted by Crippen LogP contribution is 2.19. The van der Waals surface area contributed by atoms with E-state index in [0.717, 1.165) is 13.1 Å². The Morgan fingerprint density at radius 2 is 1.94 bits per heavy atom. The number of hydrogen-bond acceptors (Lipinski definition) is 6. The first-order chi connectivity index (χ1) is 17.4. The molecule has 0 aliphatic carbocycles. The summed E-state index contributed by atoms with van der Waals surface area (Å²) in [5.74, 6) is -0.299. The second-order valence-electron chi connectivity index (χ2n) is 9.19. The van der Waals surface area contributed by atoms with Crippen molar-refractivity contribution in [3.8, 4) is 11.5 Å². The summed E-state index contributed by atoms with van der Waals surface area (Å²) in [5, 5.41) is 6.97. The van der Waals surface area contributed by atoms with Gasteiger partial charge in [0, 0.05) is 50.3 Å². The minimum Gasteiger partial charge on any atom is -0.351 e. The molecule has 190 valence electrons. The number of amides is 2. The molecule has 2 amide bonds. The molecule has 0 bridgehead atoms. The molecule has 1 aliphatic rings. The molecule has 2 aromatic carbocycles. The van der Waals surface area contributed by atoms with Crippen molar-refractivity contribution in [1.82, 2.24) is 25.3 Å². The van der Waals surface area contributed by atoms with Gasteiger partial charge in [-0.05, 0) is 62.7 Å². The van der Waals surface area contributed by atoms with Gasteiger partial charge < -0.3 is 14.7 Å². The lowest BCUT2D eigenvalue weighted by Crippen LogP contribution is -2.42. The third kappa shape index (κ3) is 6.34. The molecule has 3 aromatic rings. The van der Waals surface area contributed by atoms with Gasteiger partial charge >= 0.3 is 0 Å². The smallest absolute Gasteiger partial charge is 0.257 e. The fourth-order valence-electron chi connectivity index (χ4n) is 4.35. The summed E-state index contributed by atoms with van der Waals surface area (Å²) in [4.78, 5) is 33.2. The van der Waals surface area contributed by atoms with Crippen LogP contribution in [0.4, 0.5) is 4.39 Å². The van der Waals surface area contributed by atoms with Crippen molar-refractivity contribution in [3.05, 3.63) is 71.3 Å². The molecule has 8 nitrogen and oxygen atoms in total. The van der Waals surface area contributed by atoms with Gasteiger partial charge in [-0.25, -0.2) is 4.39 Å². The molecule has 9 heteroatoms. The lowest BCUT2D eigenvalue weighted by molar-refractivity contribution is 0.0790. The van der Waals surface area contributed by atoms with Gasteiger partial charge in [0.2, 0.25) is 0 Å². The summed E-state index contributed by atoms with van der Waals surface area (Å²) in [5.41, 5.74) is 1.29. The van der Waals surface area contributed by atoms with Gasteiger partial charge in [-0.2, -0.15) is 4.98 Å². The van der Waals surface area contributed by atoms with Crippen LogP contribution in [-0.4, -0.2) is 71.0 Å². The molecule has 2 heterocycles. The lowest BCUT2D eigenvalue weighted by atomic mass is 10.0. The van der Waals surface area contributed by atoms with Gasteiger partial charge in [-0.3, -0.25) is 14.5 Å². The summed E-state index contributed by atoms with van der Waals surface area (Å²) in [7, 11) is 1.60. The maximum absolute atomic E-state index is 13.9. The largest absolute Gasteiger partial charge is 0.351 e. The Labute approximate surface area is 210 Å². The van der Waals surface area contributed by atoms with E-state index in [-0.39, 0.29) is 11.5 Å². The SMILES string of the molecule is C[C@H]1CCCCN1CCNC(=O)c1ccc(-c2nc(CCN(C)C(=O)c3ccccc3F)no2)cc1. The van der Waals surface area contributed by atoms with Gasteiger partial charge in [-0.15, -0.1) is 0 Å². The predicted molar refractivity (Wildman–Crippen MR) is 134 cm³/mol. The molecule has 0 spiro atoms. The number of aromatic nitrogens is 2. The molecule has 1 N–H and O–H groups in total. The molecule has 36 heavy (non-hydrogen) atoms. The van der Waals surface area contributed by atoms with Crippen LogP contribution in [0.25, 0.3) is 11.5 Å². The maximum atomic E-state index is 13.9. The van der Waals surface area contributed by atoms with Crippen molar-refractivity contribution in [1.29, 1.82) is 0 Å². The monoisotopic (exact) mass is 493 g/mol. The van der Waals surface area contributed by atoms with Crippen LogP contribution in [0.5, 0.6) is 0 Å². The zero-order valence-electron chi connectivity index (χ0n) is 20.7. The van der Waals surface area contributed by atoms with Crippen molar-refractivity contribution in [2.24, 2.45) is 0 Å². The molecule has 0 radical (unpaired) electrons. The molecule has 1 atom stereocenters. The van der Waals surface area contributed by atoms with E-state index in [4.69, 9.17) is 4.52 Å². The highest BCUT2D eigenvalue weighted by atomic mass is 19.1. The number of piperidine rings is 1. The van der Waals surface area contributed by atoms with E-state index in [9.17, 15) is 14.0 Å². The van der Waals surface area contributed by atoms with E-state index in [1.54, 1.807) is 43.4 Å². The molecule has 1 aromatic heterocycles. The molecular formula is C27H32FN5O3. The zero-order chi connectivity index (χ0) is 25.5. The van der Waals surface area contributed by atoms with Crippen LogP contribution in [0, 0.1) is 5.82 Å². The Hall–Kier alpha value is -3.59. The summed E-state index contributed by atoms with van der Waals surface area (Å²) in [6, 6.07) is 13.5. The highest BCUT2D eigenvalue weighted by Gasteiger charge is 2.19. The Morgan fingerprint density at radius 1 is 1.17 bits per heavy atom. The summed E-state index contributed by atoms with van der Waals surface area (Å²) in [6.07, 6.45) is 4.08. The number of likely N-dealkylation sites (N-methyl/N-ethyl adjacent to an activating group) is 1. The molecule has 1 saturated heterocycles. The molecular weight excluding hydrogens is 461 g/mol. The van der Waals surface area contributed by atoms with Crippen molar-refractivity contribution in [2.75, 3.05) is 33.2 Å². The average Bonchev–Trinajstić information content (AvgIpc) is 3.37. The lowest BCUT2D eigenvalue weighted by Gasteiger charge is -2.33. The number of carbonyl (C=O) groups excluding carboxylic acids is 2. The van der Waals surface area contributed by atoms with Gasteiger partial charge in [0.05, 0.1) is 5.56 Å². The summed E-state index contributed by atoms with van der Waals surface area (Å²) < 4.78 is 19.2. The van der Waals surface area contributed by atoms with E-state index in [1.165, 1.54) is 36.3 Å². The molecule has 4 rings (SSSR count). The van der Waals surface area contributed by atoms with Crippen LogP contribution in [0.2, 0.25) is 0 Å². The van der Waals surface area contributed by atoms with Crippen molar-refractivity contribution in [2.45, 2.75) is 38.6 Å². The number of rotatable bonds is 9. The number of likely N-dealkylation sites (tertiary alicyclic amines) is 1. The minimum atomic E-state index is -0.551. The van der Waals surface area contributed by atoms with Gasteiger partial charge in [0.15, 0.2) is 5.82 Å².